The van der Waals surface area contributed by atoms with Gasteiger partial charge in [0, 0.05) is 17.7 Å². The molecule has 2 N–H and O–H groups in total. The second-order valence-electron chi connectivity index (χ2n) is 8.17. The normalized spacial score (nSPS) is 20.5. The van der Waals surface area contributed by atoms with Gasteiger partial charge < -0.3 is 10.6 Å². The number of Topliss-reactive ketones (excluding diaryl/α,β-unsaturated/α-hetero) is 1. The molecule has 0 bridgehead atoms. The SMILES string of the molecule is CCc1ccc(C2Nc3ccccc3NC3=C2C(=O)CC(c2ccccc2)C3)cc1. The molecule has 0 spiro atoms. The molecule has 1 aliphatic carbocycles. The maximum absolute atomic E-state index is 13.5. The van der Waals surface area contributed by atoms with E-state index in [1.807, 2.05) is 18.2 Å². The fourth-order valence-corrected chi connectivity index (χ4v) is 4.65. The molecular weight excluding hydrogens is 368 g/mol. The van der Waals surface area contributed by atoms with E-state index in [0.717, 1.165) is 41.1 Å². The maximum Gasteiger partial charge on any atom is 0.163 e. The fraction of sp³-hybridized carbons (Fsp3) is 0.222. The van der Waals surface area contributed by atoms with Crippen molar-refractivity contribution >= 4 is 17.2 Å². The van der Waals surface area contributed by atoms with Crippen molar-refractivity contribution in [3.63, 3.8) is 0 Å². The van der Waals surface area contributed by atoms with Crippen LogP contribution in [0.25, 0.3) is 0 Å². The highest BCUT2D eigenvalue weighted by atomic mass is 16.1. The van der Waals surface area contributed by atoms with E-state index in [1.165, 1.54) is 11.1 Å². The van der Waals surface area contributed by atoms with Gasteiger partial charge in [-0.3, -0.25) is 4.79 Å². The topological polar surface area (TPSA) is 41.1 Å². The molecule has 0 saturated heterocycles. The number of allylic oxidation sites excluding steroid dienone is 1. The molecule has 1 heterocycles. The molecule has 0 amide bonds. The molecule has 30 heavy (non-hydrogen) atoms. The van der Waals surface area contributed by atoms with Crippen LogP contribution in [0.1, 0.15) is 48.4 Å². The molecule has 3 aromatic rings. The molecule has 3 heteroatoms. The van der Waals surface area contributed by atoms with Gasteiger partial charge in [0.2, 0.25) is 0 Å². The number of benzene rings is 3. The number of hydrogen-bond acceptors (Lipinski definition) is 3. The van der Waals surface area contributed by atoms with Gasteiger partial charge in [0.15, 0.2) is 5.78 Å². The van der Waals surface area contributed by atoms with Crippen molar-refractivity contribution in [1.82, 2.24) is 0 Å². The summed E-state index contributed by atoms with van der Waals surface area (Å²) in [5, 5.41) is 7.27. The summed E-state index contributed by atoms with van der Waals surface area (Å²) in [6.45, 7) is 2.16. The number of anilines is 2. The van der Waals surface area contributed by atoms with E-state index in [2.05, 4.69) is 78.2 Å². The smallest absolute Gasteiger partial charge is 0.163 e. The lowest BCUT2D eigenvalue weighted by atomic mass is 9.78. The Kier molecular flexibility index (Phi) is 4.88. The Morgan fingerprint density at radius 2 is 1.50 bits per heavy atom. The first-order valence-electron chi connectivity index (χ1n) is 10.8. The van der Waals surface area contributed by atoms with Crippen molar-refractivity contribution in [1.29, 1.82) is 0 Å². The van der Waals surface area contributed by atoms with Crippen molar-refractivity contribution in [2.24, 2.45) is 0 Å². The largest absolute Gasteiger partial charge is 0.372 e. The van der Waals surface area contributed by atoms with Crippen LogP contribution in [0.2, 0.25) is 0 Å². The van der Waals surface area contributed by atoms with Crippen molar-refractivity contribution in [2.45, 2.75) is 38.1 Å². The van der Waals surface area contributed by atoms with Gasteiger partial charge in [-0.1, -0.05) is 73.7 Å². The minimum absolute atomic E-state index is 0.147. The molecule has 2 atom stereocenters. The lowest BCUT2D eigenvalue weighted by molar-refractivity contribution is -0.116. The van der Waals surface area contributed by atoms with E-state index in [1.54, 1.807) is 0 Å². The molecule has 0 saturated carbocycles. The van der Waals surface area contributed by atoms with Gasteiger partial charge in [-0.2, -0.15) is 0 Å². The molecule has 3 aromatic carbocycles. The van der Waals surface area contributed by atoms with Gasteiger partial charge >= 0.3 is 0 Å². The van der Waals surface area contributed by atoms with E-state index in [0.29, 0.717) is 6.42 Å². The number of para-hydroxylation sites is 2. The molecule has 5 rings (SSSR count). The lowest BCUT2D eigenvalue weighted by Gasteiger charge is -2.30. The first kappa shape index (κ1) is 18.7. The average molecular weight is 395 g/mol. The lowest BCUT2D eigenvalue weighted by Crippen LogP contribution is -2.26. The Bertz CT molecular complexity index is 1100. The van der Waals surface area contributed by atoms with Crippen LogP contribution in [0.5, 0.6) is 0 Å². The minimum Gasteiger partial charge on any atom is -0.372 e. The second kappa shape index (κ2) is 7.83. The Morgan fingerprint density at radius 1 is 0.800 bits per heavy atom. The third kappa shape index (κ3) is 3.41. The summed E-state index contributed by atoms with van der Waals surface area (Å²) in [5.74, 6) is 0.431. The minimum atomic E-state index is -0.147. The third-order valence-electron chi connectivity index (χ3n) is 6.30. The zero-order chi connectivity index (χ0) is 20.5. The Hall–Kier alpha value is -3.33. The first-order chi connectivity index (χ1) is 14.7. The van der Waals surface area contributed by atoms with Crippen molar-refractivity contribution in [3.05, 3.63) is 107 Å². The Balaban J connectivity index is 1.60. The van der Waals surface area contributed by atoms with Gasteiger partial charge in [-0.15, -0.1) is 0 Å². The maximum atomic E-state index is 13.5. The number of carbonyl (C=O) groups is 1. The Labute approximate surface area is 177 Å². The Morgan fingerprint density at radius 3 is 2.23 bits per heavy atom. The summed E-state index contributed by atoms with van der Waals surface area (Å²) < 4.78 is 0. The average Bonchev–Trinajstić information content (AvgIpc) is 2.96. The van der Waals surface area contributed by atoms with Crippen LogP contribution in [-0.4, -0.2) is 5.78 Å². The molecule has 150 valence electrons. The van der Waals surface area contributed by atoms with Gasteiger partial charge in [0.1, 0.15) is 0 Å². The fourth-order valence-electron chi connectivity index (χ4n) is 4.65. The summed E-state index contributed by atoms with van der Waals surface area (Å²) in [7, 11) is 0. The number of rotatable bonds is 3. The van der Waals surface area contributed by atoms with E-state index in [9.17, 15) is 4.79 Å². The van der Waals surface area contributed by atoms with Gasteiger partial charge in [0.05, 0.1) is 17.4 Å². The molecular formula is C27H26N2O. The summed E-state index contributed by atoms with van der Waals surface area (Å²) in [4.78, 5) is 13.5. The summed E-state index contributed by atoms with van der Waals surface area (Å²) in [5.41, 5.74) is 7.64. The standard InChI is InChI=1S/C27H26N2O/c1-2-18-12-14-20(15-13-18)27-26-24(28-22-10-6-7-11-23(22)29-27)16-21(17-25(26)30)19-8-4-3-5-9-19/h3-15,21,27-29H,2,16-17H2,1H3. The zero-order valence-corrected chi connectivity index (χ0v) is 17.2. The second-order valence-corrected chi connectivity index (χ2v) is 8.17. The van der Waals surface area contributed by atoms with Crippen LogP contribution < -0.4 is 10.6 Å². The molecule has 3 nitrogen and oxygen atoms in total. The van der Waals surface area contributed by atoms with Crippen molar-refractivity contribution in [2.75, 3.05) is 10.6 Å². The number of carbonyl (C=O) groups excluding carboxylic acids is 1. The number of ketones is 1. The van der Waals surface area contributed by atoms with Crippen molar-refractivity contribution in [3.8, 4) is 0 Å². The first-order valence-corrected chi connectivity index (χ1v) is 10.8. The number of hydrogen-bond donors (Lipinski definition) is 2. The molecule has 0 fully saturated rings. The quantitative estimate of drug-likeness (QED) is 0.553. The van der Waals surface area contributed by atoms with Crippen molar-refractivity contribution < 1.29 is 4.79 Å². The van der Waals surface area contributed by atoms with Crippen LogP contribution in [0.4, 0.5) is 11.4 Å². The van der Waals surface area contributed by atoms with Crippen LogP contribution >= 0.6 is 0 Å². The summed E-state index contributed by atoms with van der Waals surface area (Å²) in [6, 6.07) is 27.1. The van der Waals surface area contributed by atoms with E-state index in [-0.39, 0.29) is 17.7 Å². The van der Waals surface area contributed by atoms with Crippen LogP contribution in [0.3, 0.4) is 0 Å². The predicted octanol–water partition coefficient (Wildman–Crippen LogP) is 6.23. The van der Waals surface area contributed by atoms with E-state index < -0.39 is 0 Å². The summed E-state index contributed by atoms with van der Waals surface area (Å²) >= 11 is 0. The van der Waals surface area contributed by atoms with Crippen LogP contribution in [0.15, 0.2) is 90.1 Å². The van der Waals surface area contributed by atoms with Gasteiger partial charge in [-0.05, 0) is 47.6 Å². The molecule has 2 unspecified atom stereocenters. The van der Waals surface area contributed by atoms with Crippen LogP contribution in [-0.2, 0) is 11.2 Å². The molecule has 2 aliphatic rings. The van der Waals surface area contributed by atoms with Crippen LogP contribution in [0, 0.1) is 0 Å². The molecule has 0 aromatic heterocycles. The van der Waals surface area contributed by atoms with Gasteiger partial charge in [-0.25, -0.2) is 0 Å². The van der Waals surface area contributed by atoms with E-state index in [4.69, 9.17) is 0 Å². The molecule has 1 aliphatic heterocycles. The predicted molar refractivity (Wildman–Crippen MR) is 123 cm³/mol. The number of nitrogens with one attached hydrogen (secondary N) is 2. The number of fused-ring (bicyclic) bond motifs is 1. The number of aryl methyl sites for hydroxylation is 1. The van der Waals surface area contributed by atoms with Gasteiger partial charge in [0.25, 0.3) is 0 Å². The summed E-state index contributed by atoms with van der Waals surface area (Å²) in [6.07, 6.45) is 2.39. The highest BCUT2D eigenvalue weighted by Crippen LogP contribution is 2.44. The monoisotopic (exact) mass is 394 g/mol. The third-order valence-corrected chi connectivity index (χ3v) is 6.30. The highest BCUT2D eigenvalue weighted by molar-refractivity contribution is 6.01. The highest BCUT2D eigenvalue weighted by Gasteiger charge is 2.35. The van der Waals surface area contributed by atoms with E-state index >= 15 is 0 Å². The molecule has 0 radical (unpaired) electrons. The zero-order valence-electron chi connectivity index (χ0n) is 17.2.